The van der Waals surface area contributed by atoms with E-state index in [4.69, 9.17) is 4.74 Å². The van der Waals surface area contributed by atoms with E-state index >= 15 is 0 Å². The third-order valence-electron chi connectivity index (χ3n) is 6.30. The molecule has 0 unspecified atom stereocenters. The lowest BCUT2D eigenvalue weighted by Crippen LogP contribution is -2.50. The molecule has 1 saturated carbocycles. The second-order valence-corrected chi connectivity index (χ2v) is 10.2. The highest BCUT2D eigenvalue weighted by molar-refractivity contribution is 5.96. The van der Waals surface area contributed by atoms with Gasteiger partial charge < -0.3 is 15.4 Å². The summed E-state index contributed by atoms with van der Waals surface area (Å²) in [4.78, 5) is 30.1. The minimum absolute atomic E-state index is 0.0636. The zero-order chi connectivity index (χ0) is 24.3. The van der Waals surface area contributed by atoms with Gasteiger partial charge in [0.15, 0.2) is 0 Å². The fourth-order valence-electron chi connectivity index (χ4n) is 4.46. The fraction of sp³-hybridized carbons (Fsp3) is 0.600. The molecule has 180 valence electrons. The first-order chi connectivity index (χ1) is 15.4. The first-order valence-corrected chi connectivity index (χ1v) is 11.7. The maximum atomic E-state index is 13.2. The topological polar surface area (TPSA) is 98.1 Å². The molecule has 2 heterocycles. The van der Waals surface area contributed by atoms with Gasteiger partial charge in [-0.25, -0.2) is 9.78 Å². The number of anilines is 1. The largest absolute Gasteiger partial charge is 0.444 e. The second-order valence-electron chi connectivity index (χ2n) is 10.2. The van der Waals surface area contributed by atoms with Gasteiger partial charge in [-0.15, -0.1) is 0 Å². The number of nitrogens with one attached hydrogen (secondary N) is 2. The van der Waals surface area contributed by atoms with E-state index in [1.807, 2.05) is 31.6 Å². The van der Waals surface area contributed by atoms with Gasteiger partial charge in [0.25, 0.3) is 0 Å². The predicted octanol–water partition coefficient (Wildman–Crippen LogP) is 4.76. The number of carbonyl (C=O) groups is 2. The molecule has 2 aromatic rings. The molecule has 0 spiro atoms. The summed E-state index contributed by atoms with van der Waals surface area (Å²) in [5.74, 6) is 0.881. The number of ether oxygens (including phenoxy) is 1. The van der Waals surface area contributed by atoms with Gasteiger partial charge in [-0.05, 0) is 71.4 Å². The van der Waals surface area contributed by atoms with E-state index in [2.05, 4.69) is 27.6 Å². The van der Waals surface area contributed by atoms with Gasteiger partial charge in [0.05, 0.1) is 5.69 Å². The molecule has 0 aliphatic heterocycles. The quantitative estimate of drug-likeness (QED) is 0.677. The first kappa shape index (κ1) is 24.7. The first-order valence-electron chi connectivity index (χ1n) is 11.7. The van der Waals surface area contributed by atoms with Crippen molar-refractivity contribution in [1.82, 2.24) is 20.1 Å². The normalized spacial score (nSPS) is 19.6. The molecule has 2 amide bonds. The molecule has 0 bridgehead atoms. The van der Waals surface area contributed by atoms with Gasteiger partial charge in [-0.3, -0.25) is 9.48 Å². The number of hydrogen-bond donors (Lipinski definition) is 2. The molecule has 2 N–H and O–H groups in total. The summed E-state index contributed by atoms with van der Waals surface area (Å²) in [6.07, 6.45) is 5.03. The number of aromatic nitrogens is 3. The molecule has 1 aliphatic rings. The van der Waals surface area contributed by atoms with E-state index in [1.165, 1.54) is 0 Å². The fourth-order valence-corrected chi connectivity index (χ4v) is 4.46. The lowest BCUT2D eigenvalue weighted by Gasteiger charge is -2.32. The Bertz CT molecular complexity index is 983. The molecule has 8 heteroatoms. The van der Waals surface area contributed by atoms with Crippen LogP contribution in [0.2, 0.25) is 0 Å². The molecule has 1 fully saturated rings. The lowest BCUT2D eigenvalue weighted by molar-refractivity contribution is -0.119. The van der Waals surface area contributed by atoms with Crippen molar-refractivity contribution >= 4 is 17.8 Å². The third kappa shape index (κ3) is 6.33. The van der Waals surface area contributed by atoms with Gasteiger partial charge in [0, 0.05) is 30.1 Å². The maximum absolute atomic E-state index is 13.2. The van der Waals surface area contributed by atoms with Crippen LogP contribution in [0.4, 0.5) is 10.6 Å². The van der Waals surface area contributed by atoms with E-state index in [9.17, 15) is 9.59 Å². The van der Waals surface area contributed by atoms with Crippen LogP contribution in [0.1, 0.15) is 64.8 Å². The van der Waals surface area contributed by atoms with E-state index in [0.29, 0.717) is 11.7 Å². The van der Waals surface area contributed by atoms with Crippen molar-refractivity contribution in [1.29, 1.82) is 0 Å². The molecule has 3 rings (SSSR count). The molecule has 1 atom stereocenters. The summed E-state index contributed by atoms with van der Waals surface area (Å²) in [7, 11) is 1.91. The van der Waals surface area contributed by atoms with Crippen LogP contribution in [0.3, 0.4) is 0 Å². The van der Waals surface area contributed by atoms with Crippen molar-refractivity contribution in [2.24, 2.45) is 18.9 Å². The SMILES string of the molecule is Cc1nn(C)c(C)c1-c1ccc(NC(=O)[C@@H](NC(=O)OC(C)(C)C)C2CCC(C)CC2)nc1. The molecule has 1 aliphatic carbocycles. The van der Waals surface area contributed by atoms with Gasteiger partial charge in [0.1, 0.15) is 17.5 Å². The Balaban J connectivity index is 1.74. The number of carbonyl (C=O) groups excluding carboxylic acids is 2. The van der Waals surface area contributed by atoms with Crippen molar-refractivity contribution < 1.29 is 14.3 Å². The number of hydrogen-bond acceptors (Lipinski definition) is 5. The summed E-state index contributed by atoms with van der Waals surface area (Å²) in [5, 5.41) is 10.2. The monoisotopic (exact) mass is 455 g/mol. The Kier molecular flexibility index (Phi) is 7.44. The van der Waals surface area contributed by atoms with Crippen LogP contribution in [0.5, 0.6) is 0 Å². The molecule has 0 radical (unpaired) electrons. The standard InChI is InChI=1S/C25H37N5O3/c1-15-8-10-18(11-9-15)22(28-24(32)33-25(4,5)6)23(31)27-20-13-12-19(14-26-20)21-16(2)29-30(7)17(21)3/h12-15,18,22H,8-11H2,1-7H3,(H,28,32)(H,26,27,31)/t15?,18?,22-/m0/s1. The van der Waals surface area contributed by atoms with Crippen molar-refractivity contribution in [3.63, 3.8) is 0 Å². The Morgan fingerprint density at radius 2 is 1.82 bits per heavy atom. The lowest BCUT2D eigenvalue weighted by atomic mass is 9.79. The summed E-state index contributed by atoms with van der Waals surface area (Å²) in [6.45, 7) is 11.6. The van der Waals surface area contributed by atoms with Crippen molar-refractivity contribution in [3.8, 4) is 11.1 Å². The van der Waals surface area contributed by atoms with Gasteiger partial charge in [0.2, 0.25) is 5.91 Å². The van der Waals surface area contributed by atoms with Crippen LogP contribution < -0.4 is 10.6 Å². The minimum Gasteiger partial charge on any atom is -0.444 e. The zero-order valence-corrected chi connectivity index (χ0v) is 20.9. The average Bonchev–Trinajstić information content (AvgIpc) is 2.98. The van der Waals surface area contributed by atoms with Crippen LogP contribution in [-0.2, 0) is 16.6 Å². The van der Waals surface area contributed by atoms with Crippen molar-refractivity contribution in [2.75, 3.05) is 5.32 Å². The second kappa shape index (κ2) is 9.93. The Labute approximate surface area is 196 Å². The number of aryl methyl sites for hydroxylation is 2. The average molecular weight is 456 g/mol. The van der Waals surface area contributed by atoms with Crippen LogP contribution >= 0.6 is 0 Å². The number of pyridine rings is 1. The molecule has 0 saturated heterocycles. The smallest absolute Gasteiger partial charge is 0.408 e. The van der Waals surface area contributed by atoms with E-state index in [1.54, 1.807) is 33.0 Å². The van der Waals surface area contributed by atoms with E-state index in [-0.39, 0.29) is 11.8 Å². The highest BCUT2D eigenvalue weighted by Crippen LogP contribution is 2.31. The zero-order valence-electron chi connectivity index (χ0n) is 20.9. The third-order valence-corrected chi connectivity index (χ3v) is 6.30. The summed E-state index contributed by atoms with van der Waals surface area (Å²) >= 11 is 0. The van der Waals surface area contributed by atoms with Crippen LogP contribution in [0.25, 0.3) is 11.1 Å². The molecular formula is C25H37N5O3. The Morgan fingerprint density at radius 1 is 1.15 bits per heavy atom. The van der Waals surface area contributed by atoms with Crippen LogP contribution in [0.15, 0.2) is 18.3 Å². The Hall–Kier alpha value is -2.90. The van der Waals surface area contributed by atoms with Crippen LogP contribution in [-0.4, -0.2) is 38.4 Å². The predicted molar refractivity (Wildman–Crippen MR) is 129 cm³/mol. The van der Waals surface area contributed by atoms with Gasteiger partial charge >= 0.3 is 6.09 Å². The molecule has 8 nitrogen and oxygen atoms in total. The molecular weight excluding hydrogens is 418 g/mol. The van der Waals surface area contributed by atoms with Crippen LogP contribution in [0, 0.1) is 25.7 Å². The number of alkyl carbamates (subject to hydrolysis) is 1. The molecule has 0 aromatic carbocycles. The minimum atomic E-state index is -0.670. The van der Waals surface area contributed by atoms with E-state index < -0.39 is 17.7 Å². The summed E-state index contributed by atoms with van der Waals surface area (Å²) in [5.41, 5.74) is 3.34. The number of rotatable bonds is 5. The van der Waals surface area contributed by atoms with Crippen molar-refractivity contribution in [3.05, 3.63) is 29.7 Å². The summed E-state index contributed by atoms with van der Waals surface area (Å²) in [6, 6.07) is 3.04. The molecule has 33 heavy (non-hydrogen) atoms. The number of amides is 2. The van der Waals surface area contributed by atoms with Gasteiger partial charge in [-0.1, -0.05) is 19.8 Å². The Morgan fingerprint density at radius 3 is 2.33 bits per heavy atom. The maximum Gasteiger partial charge on any atom is 0.408 e. The molecule has 2 aromatic heterocycles. The van der Waals surface area contributed by atoms with Crippen molar-refractivity contribution in [2.45, 2.75) is 78.9 Å². The number of nitrogens with zero attached hydrogens (tertiary/aromatic N) is 3. The summed E-state index contributed by atoms with van der Waals surface area (Å²) < 4.78 is 7.26. The highest BCUT2D eigenvalue weighted by Gasteiger charge is 2.34. The highest BCUT2D eigenvalue weighted by atomic mass is 16.6. The van der Waals surface area contributed by atoms with E-state index in [0.717, 1.165) is 48.2 Å². The van der Waals surface area contributed by atoms with Gasteiger partial charge in [-0.2, -0.15) is 5.10 Å².